The molecule has 1 amide bonds. The van der Waals surface area contributed by atoms with E-state index in [0.29, 0.717) is 47.8 Å². The number of carbonyl (C=O) groups is 1. The lowest BCUT2D eigenvalue weighted by Gasteiger charge is -2.28. The molecule has 1 N–H and O–H groups in total. The molecular weight excluding hydrogens is 382 g/mol. The van der Waals surface area contributed by atoms with Crippen molar-refractivity contribution in [3.63, 3.8) is 0 Å². The fourth-order valence-corrected chi connectivity index (χ4v) is 3.96. The molecule has 3 aromatic rings. The highest BCUT2D eigenvalue weighted by atomic mass is 16.7. The van der Waals surface area contributed by atoms with Crippen molar-refractivity contribution in [1.82, 2.24) is 14.9 Å². The number of fused-ring (bicyclic) bond motifs is 2. The van der Waals surface area contributed by atoms with E-state index in [2.05, 4.69) is 16.0 Å². The van der Waals surface area contributed by atoms with E-state index in [9.17, 15) is 9.59 Å². The molecular formula is C23H21N3O4. The van der Waals surface area contributed by atoms with Gasteiger partial charge in [0.05, 0.1) is 17.8 Å². The summed E-state index contributed by atoms with van der Waals surface area (Å²) in [6.07, 6.45) is 1.13. The van der Waals surface area contributed by atoms with Crippen LogP contribution >= 0.6 is 0 Å². The van der Waals surface area contributed by atoms with Crippen LogP contribution in [0, 0.1) is 6.92 Å². The van der Waals surface area contributed by atoms with E-state index < -0.39 is 0 Å². The van der Waals surface area contributed by atoms with Crippen molar-refractivity contribution in [3.05, 3.63) is 86.6 Å². The van der Waals surface area contributed by atoms with Gasteiger partial charge in [0.1, 0.15) is 5.82 Å². The summed E-state index contributed by atoms with van der Waals surface area (Å²) in [4.78, 5) is 34.9. The molecule has 0 bridgehead atoms. The number of nitrogens with zero attached hydrogens (tertiary/aromatic N) is 2. The van der Waals surface area contributed by atoms with Crippen LogP contribution in [-0.4, -0.2) is 34.1 Å². The molecule has 3 heterocycles. The van der Waals surface area contributed by atoms with E-state index in [1.807, 2.05) is 25.1 Å². The van der Waals surface area contributed by atoms with Gasteiger partial charge in [-0.1, -0.05) is 29.8 Å². The zero-order valence-corrected chi connectivity index (χ0v) is 16.6. The summed E-state index contributed by atoms with van der Waals surface area (Å²) in [5, 5.41) is 0. The first-order chi connectivity index (χ1) is 14.6. The minimum absolute atomic E-state index is 0.137. The summed E-state index contributed by atoms with van der Waals surface area (Å²) in [5.41, 5.74) is 3.95. The molecule has 0 saturated carbocycles. The zero-order valence-electron chi connectivity index (χ0n) is 16.6. The smallest absolute Gasteiger partial charge is 0.256 e. The van der Waals surface area contributed by atoms with Gasteiger partial charge in [-0.25, -0.2) is 4.98 Å². The molecule has 2 aliphatic heterocycles. The number of H-pyrrole nitrogens is 1. The lowest BCUT2D eigenvalue weighted by molar-refractivity contribution is 0.0732. The highest BCUT2D eigenvalue weighted by molar-refractivity contribution is 5.95. The van der Waals surface area contributed by atoms with Crippen LogP contribution in [-0.2, 0) is 19.4 Å². The molecule has 0 fully saturated rings. The van der Waals surface area contributed by atoms with Crippen LogP contribution < -0.4 is 15.0 Å². The molecule has 7 heteroatoms. The predicted molar refractivity (Wildman–Crippen MR) is 110 cm³/mol. The van der Waals surface area contributed by atoms with Crippen LogP contribution in [0.4, 0.5) is 0 Å². The summed E-state index contributed by atoms with van der Waals surface area (Å²) < 4.78 is 10.7. The number of nitrogens with one attached hydrogen (secondary N) is 1. The zero-order chi connectivity index (χ0) is 20.7. The van der Waals surface area contributed by atoms with Gasteiger partial charge < -0.3 is 19.4 Å². The highest BCUT2D eigenvalue weighted by Crippen LogP contribution is 2.33. The predicted octanol–water partition coefficient (Wildman–Crippen LogP) is 2.60. The Morgan fingerprint density at radius 1 is 1.17 bits per heavy atom. The first-order valence-corrected chi connectivity index (χ1v) is 9.92. The quantitative estimate of drug-likeness (QED) is 0.727. The highest BCUT2D eigenvalue weighted by Gasteiger charge is 2.26. The van der Waals surface area contributed by atoms with Gasteiger partial charge in [0.15, 0.2) is 11.5 Å². The van der Waals surface area contributed by atoms with Crippen molar-refractivity contribution in [2.24, 2.45) is 0 Å². The Hall–Kier alpha value is -3.61. The maximum Gasteiger partial charge on any atom is 0.256 e. The molecule has 152 valence electrons. The maximum absolute atomic E-state index is 13.0. The van der Waals surface area contributed by atoms with Crippen molar-refractivity contribution in [3.8, 4) is 11.5 Å². The lowest BCUT2D eigenvalue weighted by Crippen LogP contribution is -2.39. The SMILES string of the molecule is Cc1cccc(Cc2nc3c(c(=O)[nH]2)CN(C(=O)c2ccc4c(c2)OCO4)CC3)c1. The molecule has 0 atom stereocenters. The van der Waals surface area contributed by atoms with E-state index >= 15 is 0 Å². The Morgan fingerprint density at radius 3 is 2.90 bits per heavy atom. The van der Waals surface area contributed by atoms with Crippen molar-refractivity contribution in [2.45, 2.75) is 26.3 Å². The Morgan fingerprint density at radius 2 is 2.03 bits per heavy atom. The van der Waals surface area contributed by atoms with Gasteiger partial charge in [-0.2, -0.15) is 0 Å². The van der Waals surface area contributed by atoms with E-state index in [0.717, 1.165) is 11.3 Å². The van der Waals surface area contributed by atoms with Gasteiger partial charge in [0.2, 0.25) is 6.79 Å². The topological polar surface area (TPSA) is 84.5 Å². The van der Waals surface area contributed by atoms with Crippen LogP contribution in [0.3, 0.4) is 0 Å². The summed E-state index contributed by atoms with van der Waals surface area (Å²) in [5.74, 6) is 1.72. The summed E-state index contributed by atoms with van der Waals surface area (Å²) >= 11 is 0. The molecule has 0 unspecified atom stereocenters. The number of rotatable bonds is 3. The number of carbonyl (C=O) groups excluding carboxylic acids is 1. The van der Waals surface area contributed by atoms with Crippen molar-refractivity contribution < 1.29 is 14.3 Å². The molecule has 0 spiro atoms. The fourth-order valence-electron chi connectivity index (χ4n) is 3.96. The molecule has 0 saturated heterocycles. The number of amides is 1. The molecule has 2 aliphatic rings. The second-order valence-electron chi connectivity index (χ2n) is 7.65. The molecule has 30 heavy (non-hydrogen) atoms. The standard InChI is InChI=1S/C23H21N3O4/c1-14-3-2-4-15(9-14)10-21-24-18-7-8-26(12-17(18)22(27)25-21)23(28)16-5-6-19-20(11-16)30-13-29-19/h2-6,9,11H,7-8,10,12-13H2,1H3,(H,24,25,27). The van der Waals surface area contributed by atoms with E-state index in [4.69, 9.17) is 9.47 Å². The summed E-state index contributed by atoms with van der Waals surface area (Å²) in [7, 11) is 0. The van der Waals surface area contributed by atoms with Gasteiger partial charge in [-0.15, -0.1) is 0 Å². The van der Waals surface area contributed by atoms with Crippen molar-refractivity contribution in [2.75, 3.05) is 13.3 Å². The number of hydrogen-bond acceptors (Lipinski definition) is 5. The second-order valence-corrected chi connectivity index (χ2v) is 7.65. The number of ether oxygens (including phenoxy) is 2. The molecule has 1 aromatic heterocycles. The van der Waals surface area contributed by atoms with Crippen LogP contribution in [0.25, 0.3) is 0 Å². The number of hydrogen-bond donors (Lipinski definition) is 1. The van der Waals surface area contributed by atoms with Crippen LogP contribution in [0.2, 0.25) is 0 Å². The van der Waals surface area contributed by atoms with Gasteiger partial charge in [-0.3, -0.25) is 9.59 Å². The molecule has 7 nitrogen and oxygen atoms in total. The van der Waals surface area contributed by atoms with Gasteiger partial charge in [0.25, 0.3) is 11.5 Å². The Balaban J connectivity index is 1.36. The first kappa shape index (κ1) is 18.4. The largest absolute Gasteiger partial charge is 0.454 e. The Kier molecular flexibility index (Phi) is 4.50. The molecule has 0 aliphatic carbocycles. The third kappa shape index (κ3) is 3.43. The number of aromatic nitrogens is 2. The van der Waals surface area contributed by atoms with Gasteiger partial charge >= 0.3 is 0 Å². The van der Waals surface area contributed by atoms with Crippen LogP contribution in [0.1, 0.15) is 38.6 Å². The number of benzene rings is 2. The fraction of sp³-hybridized carbons (Fsp3) is 0.261. The van der Waals surface area contributed by atoms with Gasteiger partial charge in [0, 0.05) is 24.9 Å². The van der Waals surface area contributed by atoms with E-state index in [1.165, 1.54) is 5.56 Å². The molecule has 2 aromatic carbocycles. The van der Waals surface area contributed by atoms with E-state index in [1.54, 1.807) is 23.1 Å². The lowest BCUT2D eigenvalue weighted by atomic mass is 10.0. The molecule has 0 radical (unpaired) electrons. The van der Waals surface area contributed by atoms with E-state index in [-0.39, 0.29) is 24.8 Å². The van der Waals surface area contributed by atoms with Crippen molar-refractivity contribution in [1.29, 1.82) is 0 Å². The maximum atomic E-state index is 13.0. The summed E-state index contributed by atoms with van der Waals surface area (Å²) in [6.45, 7) is 2.96. The normalized spacial score (nSPS) is 14.5. The first-order valence-electron chi connectivity index (χ1n) is 9.92. The van der Waals surface area contributed by atoms with Crippen LogP contribution in [0.5, 0.6) is 11.5 Å². The third-order valence-corrected chi connectivity index (χ3v) is 5.48. The van der Waals surface area contributed by atoms with Crippen molar-refractivity contribution >= 4 is 5.91 Å². The number of aryl methyl sites for hydroxylation is 1. The van der Waals surface area contributed by atoms with Crippen LogP contribution in [0.15, 0.2) is 47.3 Å². The monoisotopic (exact) mass is 403 g/mol. The Bertz CT molecular complexity index is 1200. The average Bonchev–Trinajstić information content (AvgIpc) is 3.21. The second kappa shape index (κ2) is 7.33. The third-order valence-electron chi connectivity index (χ3n) is 5.48. The average molecular weight is 403 g/mol. The minimum Gasteiger partial charge on any atom is -0.454 e. The minimum atomic E-state index is -0.175. The molecule has 5 rings (SSSR count). The summed E-state index contributed by atoms with van der Waals surface area (Å²) in [6, 6.07) is 13.3. The Labute approximate surface area is 173 Å². The number of aromatic amines is 1. The van der Waals surface area contributed by atoms with Gasteiger partial charge in [-0.05, 0) is 30.7 Å².